The number of fused-ring (bicyclic) bond motifs is 1. The number of aryl methyl sites for hydroxylation is 2. The Morgan fingerprint density at radius 2 is 1.66 bits per heavy atom. The van der Waals surface area contributed by atoms with Crippen molar-refractivity contribution in [2.75, 3.05) is 27.7 Å². The lowest BCUT2D eigenvalue weighted by atomic mass is 10.0. The van der Waals surface area contributed by atoms with Crippen molar-refractivity contribution in [2.45, 2.75) is 33.2 Å². The normalized spacial score (nSPS) is 11.3. The minimum atomic E-state index is 0.0629. The standard InChI is InChI=1S/C30H34N2O3/c1-21-22(2)32(17-7-16-31(3)4)29-15-14-27(20-28(21)29)35-25-12-10-24(11-13-25)30(33)19-23-8-6-9-26(18-23)34-5/h6,8-15,18,20H,7,16-17,19H2,1-5H3. The lowest BCUT2D eigenvalue weighted by molar-refractivity contribution is 0.0993. The van der Waals surface area contributed by atoms with E-state index >= 15 is 0 Å². The van der Waals surface area contributed by atoms with Gasteiger partial charge in [0.15, 0.2) is 5.78 Å². The lowest BCUT2D eigenvalue weighted by Gasteiger charge is -2.12. The van der Waals surface area contributed by atoms with Gasteiger partial charge in [0, 0.05) is 35.1 Å². The van der Waals surface area contributed by atoms with Crippen LogP contribution in [-0.2, 0) is 13.0 Å². The Hall–Kier alpha value is -3.57. The molecule has 0 unspecified atom stereocenters. The third-order valence-corrected chi connectivity index (χ3v) is 6.51. The van der Waals surface area contributed by atoms with E-state index < -0.39 is 0 Å². The maximum Gasteiger partial charge on any atom is 0.167 e. The zero-order chi connectivity index (χ0) is 24.9. The molecule has 4 rings (SSSR count). The molecule has 0 aliphatic carbocycles. The molecular weight excluding hydrogens is 436 g/mol. The Labute approximate surface area is 207 Å². The number of hydrogen-bond donors (Lipinski definition) is 0. The molecule has 0 aliphatic heterocycles. The first-order chi connectivity index (χ1) is 16.9. The van der Waals surface area contributed by atoms with Crippen LogP contribution >= 0.6 is 0 Å². The summed E-state index contributed by atoms with van der Waals surface area (Å²) in [7, 11) is 5.85. The second-order valence-electron chi connectivity index (χ2n) is 9.28. The van der Waals surface area contributed by atoms with Gasteiger partial charge in [0.2, 0.25) is 0 Å². The number of carbonyl (C=O) groups is 1. The molecule has 5 nitrogen and oxygen atoms in total. The third kappa shape index (κ3) is 5.75. The fourth-order valence-corrected chi connectivity index (χ4v) is 4.44. The fraction of sp³-hybridized carbons (Fsp3) is 0.300. The highest BCUT2D eigenvalue weighted by molar-refractivity contribution is 5.97. The lowest BCUT2D eigenvalue weighted by Crippen LogP contribution is -2.15. The summed E-state index contributed by atoms with van der Waals surface area (Å²) in [6.45, 7) is 6.43. The summed E-state index contributed by atoms with van der Waals surface area (Å²) >= 11 is 0. The molecule has 1 heterocycles. The predicted molar refractivity (Wildman–Crippen MR) is 142 cm³/mol. The first kappa shape index (κ1) is 24.6. The molecule has 0 amide bonds. The molecule has 0 saturated carbocycles. The molecule has 0 bridgehead atoms. The van der Waals surface area contributed by atoms with E-state index in [1.807, 2.05) is 54.6 Å². The number of nitrogens with zero attached hydrogens (tertiary/aromatic N) is 2. The van der Waals surface area contributed by atoms with Gasteiger partial charge in [0.05, 0.1) is 7.11 Å². The number of methoxy groups -OCH3 is 1. The van der Waals surface area contributed by atoms with Crippen LogP contribution in [-0.4, -0.2) is 43.0 Å². The number of aromatic nitrogens is 1. The summed E-state index contributed by atoms with van der Waals surface area (Å²) in [5.74, 6) is 2.32. The summed E-state index contributed by atoms with van der Waals surface area (Å²) < 4.78 is 13.8. The predicted octanol–water partition coefficient (Wildman–Crippen LogP) is 6.44. The van der Waals surface area contributed by atoms with Crippen LogP contribution in [0.25, 0.3) is 10.9 Å². The van der Waals surface area contributed by atoms with Crippen LogP contribution < -0.4 is 9.47 Å². The van der Waals surface area contributed by atoms with Crippen molar-refractivity contribution in [3.63, 3.8) is 0 Å². The van der Waals surface area contributed by atoms with E-state index in [1.165, 1.54) is 22.2 Å². The molecular formula is C30H34N2O3. The molecule has 0 N–H and O–H groups in total. The summed E-state index contributed by atoms with van der Waals surface area (Å²) in [6, 6.07) is 21.2. The average molecular weight is 471 g/mol. The topological polar surface area (TPSA) is 43.7 Å². The fourth-order valence-electron chi connectivity index (χ4n) is 4.44. The molecule has 0 atom stereocenters. The van der Waals surface area contributed by atoms with Crippen LogP contribution in [0.1, 0.15) is 33.6 Å². The quantitative estimate of drug-likeness (QED) is 0.250. The molecule has 5 heteroatoms. The van der Waals surface area contributed by atoms with Crippen LogP contribution in [0.4, 0.5) is 0 Å². The molecule has 0 saturated heterocycles. The van der Waals surface area contributed by atoms with Crippen molar-refractivity contribution in [1.29, 1.82) is 0 Å². The maximum atomic E-state index is 12.7. The van der Waals surface area contributed by atoms with Crippen LogP contribution in [0.5, 0.6) is 17.2 Å². The molecule has 0 fully saturated rings. The minimum absolute atomic E-state index is 0.0629. The number of ketones is 1. The van der Waals surface area contributed by atoms with Crippen LogP contribution in [0.15, 0.2) is 66.7 Å². The highest BCUT2D eigenvalue weighted by Crippen LogP contribution is 2.31. The smallest absolute Gasteiger partial charge is 0.167 e. The van der Waals surface area contributed by atoms with Gasteiger partial charge in [-0.15, -0.1) is 0 Å². The van der Waals surface area contributed by atoms with E-state index in [0.29, 0.717) is 17.7 Å². The van der Waals surface area contributed by atoms with E-state index in [0.717, 1.165) is 36.6 Å². The molecule has 4 aromatic rings. The SMILES string of the molecule is COc1cccc(CC(=O)c2ccc(Oc3ccc4c(c3)c(C)c(C)n4CCCN(C)C)cc2)c1. The summed E-state index contributed by atoms with van der Waals surface area (Å²) in [5, 5.41) is 1.22. The summed E-state index contributed by atoms with van der Waals surface area (Å²) in [5.41, 5.74) is 5.42. The molecule has 0 radical (unpaired) electrons. The van der Waals surface area contributed by atoms with Crippen LogP contribution in [0.2, 0.25) is 0 Å². The number of rotatable bonds is 10. The number of carbonyl (C=O) groups excluding carboxylic acids is 1. The van der Waals surface area contributed by atoms with E-state index in [9.17, 15) is 4.79 Å². The zero-order valence-electron chi connectivity index (χ0n) is 21.3. The summed E-state index contributed by atoms with van der Waals surface area (Å²) in [4.78, 5) is 14.9. The maximum absolute atomic E-state index is 12.7. The molecule has 0 spiro atoms. The zero-order valence-corrected chi connectivity index (χ0v) is 21.3. The van der Waals surface area contributed by atoms with Crippen molar-refractivity contribution in [1.82, 2.24) is 9.47 Å². The van der Waals surface area contributed by atoms with Crippen molar-refractivity contribution in [3.05, 3.63) is 89.1 Å². The van der Waals surface area contributed by atoms with Gasteiger partial charge in [-0.25, -0.2) is 0 Å². The largest absolute Gasteiger partial charge is 0.497 e. The highest BCUT2D eigenvalue weighted by atomic mass is 16.5. The van der Waals surface area contributed by atoms with Gasteiger partial charge in [-0.2, -0.15) is 0 Å². The van der Waals surface area contributed by atoms with Gasteiger partial charge in [-0.05, 0) is 107 Å². The Bertz CT molecular complexity index is 1320. The van der Waals surface area contributed by atoms with Gasteiger partial charge < -0.3 is 18.9 Å². The second kappa shape index (κ2) is 10.8. The van der Waals surface area contributed by atoms with Crippen LogP contribution in [0.3, 0.4) is 0 Å². The van der Waals surface area contributed by atoms with Crippen molar-refractivity contribution >= 4 is 16.7 Å². The third-order valence-electron chi connectivity index (χ3n) is 6.51. The van der Waals surface area contributed by atoms with Gasteiger partial charge in [-0.1, -0.05) is 12.1 Å². The number of hydrogen-bond acceptors (Lipinski definition) is 4. The van der Waals surface area contributed by atoms with Gasteiger partial charge in [0.25, 0.3) is 0 Å². The van der Waals surface area contributed by atoms with E-state index in [-0.39, 0.29) is 5.78 Å². The number of Topliss-reactive ketones (excluding diaryl/α,β-unsaturated/α-hetero) is 1. The molecule has 3 aromatic carbocycles. The van der Waals surface area contributed by atoms with E-state index in [1.54, 1.807) is 7.11 Å². The Balaban J connectivity index is 1.46. The highest BCUT2D eigenvalue weighted by Gasteiger charge is 2.13. The van der Waals surface area contributed by atoms with Gasteiger partial charge >= 0.3 is 0 Å². The molecule has 0 aliphatic rings. The summed E-state index contributed by atoms with van der Waals surface area (Å²) in [6.07, 6.45) is 1.44. The van der Waals surface area contributed by atoms with Gasteiger partial charge in [0.1, 0.15) is 17.2 Å². The first-order valence-corrected chi connectivity index (χ1v) is 12.0. The molecule has 182 valence electrons. The molecule has 35 heavy (non-hydrogen) atoms. The Kier molecular flexibility index (Phi) is 7.57. The Morgan fingerprint density at radius 1 is 0.914 bits per heavy atom. The van der Waals surface area contributed by atoms with E-state index in [4.69, 9.17) is 9.47 Å². The monoisotopic (exact) mass is 470 g/mol. The van der Waals surface area contributed by atoms with E-state index in [2.05, 4.69) is 49.5 Å². The molecule has 1 aromatic heterocycles. The van der Waals surface area contributed by atoms with Crippen molar-refractivity contribution in [2.24, 2.45) is 0 Å². The Morgan fingerprint density at radius 3 is 2.37 bits per heavy atom. The number of benzene rings is 3. The van der Waals surface area contributed by atoms with Crippen molar-refractivity contribution in [3.8, 4) is 17.2 Å². The minimum Gasteiger partial charge on any atom is -0.497 e. The number of ether oxygens (including phenoxy) is 2. The van der Waals surface area contributed by atoms with Crippen LogP contribution in [0, 0.1) is 13.8 Å². The second-order valence-corrected chi connectivity index (χ2v) is 9.28. The van der Waals surface area contributed by atoms with Gasteiger partial charge in [-0.3, -0.25) is 4.79 Å². The first-order valence-electron chi connectivity index (χ1n) is 12.0. The average Bonchev–Trinajstić information content (AvgIpc) is 3.09. The van der Waals surface area contributed by atoms with Crippen molar-refractivity contribution < 1.29 is 14.3 Å².